The van der Waals surface area contributed by atoms with E-state index in [1.807, 2.05) is 48.9 Å². The molecule has 0 unspecified atom stereocenters. The van der Waals surface area contributed by atoms with Gasteiger partial charge in [-0.1, -0.05) is 12.1 Å². The van der Waals surface area contributed by atoms with Crippen molar-refractivity contribution in [3.63, 3.8) is 0 Å². The predicted octanol–water partition coefficient (Wildman–Crippen LogP) is 1.74. The number of sulfonamides is 1. The summed E-state index contributed by atoms with van der Waals surface area (Å²) in [6.07, 6.45) is 3.42. The molecular weight excluding hydrogens is 338 g/mol. The van der Waals surface area contributed by atoms with Gasteiger partial charge in [0.25, 0.3) is 0 Å². The lowest BCUT2D eigenvalue weighted by molar-refractivity contribution is 0.581. The normalized spacial score (nSPS) is 11.8. The fraction of sp³-hybridized carbons (Fsp3) is 0.294. The second-order valence-corrected chi connectivity index (χ2v) is 7.77. The summed E-state index contributed by atoms with van der Waals surface area (Å²) < 4.78 is 30.2. The highest BCUT2D eigenvalue weighted by atomic mass is 32.2. The van der Waals surface area contributed by atoms with E-state index in [-0.39, 0.29) is 4.90 Å². The van der Waals surface area contributed by atoms with E-state index in [0.29, 0.717) is 13.0 Å². The number of aromatic nitrogens is 4. The molecule has 1 N–H and O–H groups in total. The number of nitrogens with one attached hydrogen (secondary N) is 1. The van der Waals surface area contributed by atoms with Gasteiger partial charge in [0.2, 0.25) is 10.0 Å². The Balaban J connectivity index is 1.62. The van der Waals surface area contributed by atoms with Gasteiger partial charge in [-0.15, -0.1) is 0 Å². The molecule has 0 amide bonds. The molecule has 132 valence electrons. The summed E-state index contributed by atoms with van der Waals surface area (Å²) in [5.41, 5.74) is 4.10. The zero-order valence-corrected chi connectivity index (χ0v) is 15.3. The van der Waals surface area contributed by atoms with Crippen LogP contribution in [-0.4, -0.2) is 34.5 Å². The third-order valence-electron chi connectivity index (χ3n) is 3.89. The summed E-state index contributed by atoms with van der Waals surface area (Å²) in [6, 6.07) is 9.99. The van der Waals surface area contributed by atoms with E-state index in [0.717, 1.165) is 22.6 Å². The number of aryl methyl sites for hydroxylation is 3. The Morgan fingerprint density at radius 2 is 1.88 bits per heavy atom. The smallest absolute Gasteiger partial charge is 0.243 e. The molecule has 0 aliphatic carbocycles. The Labute approximate surface area is 147 Å². The number of rotatable bonds is 6. The van der Waals surface area contributed by atoms with Crippen molar-refractivity contribution in [3.8, 4) is 5.69 Å². The highest BCUT2D eigenvalue weighted by molar-refractivity contribution is 7.89. The molecule has 3 rings (SSSR count). The van der Waals surface area contributed by atoms with Crippen molar-refractivity contribution in [2.45, 2.75) is 25.2 Å². The minimum absolute atomic E-state index is 0.176. The second kappa shape index (κ2) is 6.81. The standard InChI is InChI=1S/C17H21N5O2S/c1-13-10-14(2)22(20-13)16-6-4-15(5-7-16)8-9-19-25(23,24)17-11-18-21(3)12-17/h4-7,10-12,19H,8-9H2,1-3H3. The first-order chi connectivity index (χ1) is 11.8. The van der Waals surface area contributed by atoms with Crippen molar-refractivity contribution in [2.75, 3.05) is 6.54 Å². The summed E-state index contributed by atoms with van der Waals surface area (Å²) in [6.45, 7) is 4.31. The largest absolute Gasteiger partial charge is 0.274 e. The van der Waals surface area contributed by atoms with Gasteiger partial charge >= 0.3 is 0 Å². The monoisotopic (exact) mass is 359 g/mol. The van der Waals surface area contributed by atoms with E-state index < -0.39 is 10.0 Å². The van der Waals surface area contributed by atoms with Crippen molar-refractivity contribution >= 4 is 10.0 Å². The molecule has 0 spiro atoms. The van der Waals surface area contributed by atoms with Gasteiger partial charge in [-0.3, -0.25) is 4.68 Å². The Morgan fingerprint density at radius 3 is 2.44 bits per heavy atom. The summed E-state index contributed by atoms with van der Waals surface area (Å²) in [4.78, 5) is 0.176. The van der Waals surface area contributed by atoms with Gasteiger partial charge < -0.3 is 0 Å². The summed E-state index contributed by atoms with van der Waals surface area (Å²) in [5.74, 6) is 0. The van der Waals surface area contributed by atoms with Crippen LogP contribution in [0.15, 0.2) is 47.6 Å². The Kier molecular flexibility index (Phi) is 4.73. The molecule has 0 bridgehead atoms. The van der Waals surface area contributed by atoms with Crippen molar-refractivity contribution in [2.24, 2.45) is 7.05 Å². The highest BCUT2D eigenvalue weighted by Gasteiger charge is 2.15. The molecule has 3 aromatic rings. The lowest BCUT2D eigenvalue weighted by atomic mass is 10.1. The predicted molar refractivity (Wildman–Crippen MR) is 95.1 cm³/mol. The van der Waals surface area contributed by atoms with Crippen LogP contribution in [0.3, 0.4) is 0 Å². The lowest BCUT2D eigenvalue weighted by Crippen LogP contribution is -2.25. The minimum Gasteiger partial charge on any atom is -0.274 e. The maximum absolute atomic E-state index is 12.1. The summed E-state index contributed by atoms with van der Waals surface area (Å²) in [7, 11) is -1.83. The number of benzene rings is 1. The van der Waals surface area contributed by atoms with Crippen LogP contribution in [0.1, 0.15) is 17.0 Å². The first kappa shape index (κ1) is 17.4. The molecular formula is C17H21N5O2S. The van der Waals surface area contributed by atoms with E-state index in [4.69, 9.17) is 0 Å². The van der Waals surface area contributed by atoms with Crippen LogP contribution in [-0.2, 0) is 23.5 Å². The molecule has 8 heteroatoms. The maximum Gasteiger partial charge on any atom is 0.243 e. The minimum atomic E-state index is -3.51. The summed E-state index contributed by atoms with van der Waals surface area (Å²) in [5, 5.41) is 8.34. The van der Waals surface area contributed by atoms with Gasteiger partial charge in [0.15, 0.2) is 0 Å². The van der Waals surface area contributed by atoms with Crippen molar-refractivity contribution in [1.29, 1.82) is 0 Å². The number of hydrogen-bond donors (Lipinski definition) is 1. The quantitative estimate of drug-likeness (QED) is 0.727. The summed E-state index contributed by atoms with van der Waals surface area (Å²) >= 11 is 0. The van der Waals surface area contributed by atoms with Crippen molar-refractivity contribution in [1.82, 2.24) is 24.3 Å². The van der Waals surface area contributed by atoms with Crippen molar-refractivity contribution in [3.05, 3.63) is 59.7 Å². The Bertz CT molecular complexity index is 971. The molecule has 7 nitrogen and oxygen atoms in total. The molecule has 0 aliphatic rings. The van der Waals surface area contributed by atoms with E-state index >= 15 is 0 Å². The third kappa shape index (κ3) is 3.97. The van der Waals surface area contributed by atoms with Crippen molar-refractivity contribution < 1.29 is 8.42 Å². The van der Waals surface area contributed by atoms with E-state index in [1.54, 1.807) is 7.05 Å². The van der Waals surface area contributed by atoms with Gasteiger partial charge in [-0.05, 0) is 44.0 Å². The van der Waals surface area contributed by atoms with Gasteiger partial charge in [0.1, 0.15) is 4.90 Å². The molecule has 0 atom stereocenters. The third-order valence-corrected chi connectivity index (χ3v) is 5.30. The van der Waals surface area contributed by atoms with E-state index in [2.05, 4.69) is 14.9 Å². The SMILES string of the molecule is Cc1cc(C)n(-c2ccc(CCNS(=O)(=O)c3cnn(C)c3)cc2)n1. The van der Waals surface area contributed by atoms with Gasteiger partial charge in [-0.2, -0.15) is 10.2 Å². The first-order valence-corrected chi connectivity index (χ1v) is 9.44. The van der Waals surface area contributed by atoms with Crippen LogP contribution in [0, 0.1) is 13.8 Å². The van der Waals surface area contributed by atoms with Crippen LogP contribution in [0.25, 0.3) is 5.69 Å². The zero-order chi connectivity index (χ0) is 18.0. The molecule has 0 radical (unpaired) electrons. The lowest BCUT2D eigenvalue weighted by Gasteiger charge is -2.07. The van der Waals surface area contributed by atoms with Crippen LogP contribution in [0.5, 0.6) is 0 Å². The average molecular weight is 359 g/mol. The molecule has 0 aliphatic heterocycles. The molecule has 2 aromatic heterocycles. The molecule has 2 heterocycles. The fourth-order valence-electron chi connectivity index (χ4n) is 2.64. The maximum atomic E-state index is 12.1. The van der Waals surface area contributed by atoms with Crippen LogP contribution in [0.2, 0.25) is 0 Å². The molecule has 0 saturated carbocycles. The van der Waals surface area contributed by atoms with E-state index in [1.165, 1.54) is 17.1 Å². The van der Waals surface area contributed by atoms with Gasteiger partial charge in [-0.25, -0.2) is 17.8 Å². The molecule has 0 fully saturated rings. The molecule has 0 saturated heterocycles. The highest BCUT2D eigenvalue weighted by Crippen LogP contribution is 2.13. The number of hydrogen-bond acceptors (Lipinski definition) is 4. The van der Waals surface area contributed by atoms with Gasteiger partial charge in [0, 0.05) is 25.5 Å². The van der Waals surface area contributed by atoms with Crippen LogP contribution < -0.4 is 4.72 Å². The molecule has 25 heavy (non-hydrogen) atoms. The average Bonchev–Trinajstić information content (AvgIpc) is 3.14. The first-order valence-electron chi connectivity index (χ1n) is 7.96. The number of nitrogens with zero attached hydrogens (tertiary/aromatic N) is 4. The topological polar surface area (TPSA) is 81.8 Å². The Morgan fingerprint density at radius 1 is 1.16 bits per heavy atom. The van der Waals surface area contributed by atoms with Gasteiger partial charge in [0.05, 0.1) is 17.6 Å². The zero-order valence-electron chi connectivity index (χ0n) is 14.5. The van der Waals surface area contributed by atoms with Crippen LogP contribution >= 0.6 is 0 Å². The fourth-order valence-corrected chi connectivity index (χ4v) is 3.66. The second-order valence-electron chi connectivity index (χ2n) is 6.00. The van der Waals surface area contributed by atoms with E-state index in [9.17, 15) is 8.42 Å². The molecule has 1 aromatic carbocycles. The Hall–Kier alpha value is -2.45. The van der Waals surface area contributed by atoms with Crippen LogP contribution in [0.4, 0.5) is 0 Å².